The molecule has 1 aromatic rings. The van der Waals surface area contributed by atoms with E-state index in [1.54, 1.807) is 0 Å². The van der Waals surface area contributed by atoms with Crippen LogP contribution < -0.4 is 0 Å². The van der Waals surface area contributed by atoms with E-state index < -0.39 is 41.2 Å². The van der Waals surface area contributed by atoms with Gasteiger partial charge in [-0.25, -0.2) is 13.8 Å². The molecule has 1 aromatic heterocycles. The van der Waals surface area contributed by atoms with Crippen LogP contribution in [0, 0.1) is 0 Å². The zero-order valence-electron chi connectivity index (χ0n) is 7.52. The average molecular weight is 262 g/mol. The number of hydrogen-bond acceptors (Lipinski definition) is 2. The third-order valence-electron chi connectivity index (χ3n) is 1.72. The molecule has 0 aliphatic rings. The molecule has 2 nitrogen and oxygen atoms in total. The van der Waals surface area contributed by atoms with Gasteiger partial charge in [0.15, 0.2) is 0 Å². The monoisotopic (exact) mass is 261 g/mol. The summed E-state index contributed by atoms with van der Waals surface area (Å²) in [5, 5.41) is 7.75. The molecule has 0 aromatic carbocycles. The first-order valence-electron chi connectivity index (χ1n) is 3.93. The number of halogens is 6. The lowest BCUT2D eigenvalue weighted by atomic mass is 10.1. The largest absolute Gasteiger partial charge is 0.419 e. The Balaban J connectivity index is 3.41. The second-order valence-corrected chi connectivity index (χ2v) is 3.21. The summed E-state index contributed by atoms with van der Waals surface area (Å²) in [7, 11) is 0. The van der Waals surface area contributed by atoms with Gasteiger partial charge in [-0.2, -0.15) is 13.2 Å². The standard InChI is InChI=1S/C8H5ClF5NO/c9-3-1-4(7(10)11)15-5(2-16)6(3)8(12,13)14/h1,7,16H,2H2. The van der Waals surface area contributed by atoms with Crippen LogP contribution in [0.1, 0.15) is 23.4 Å². The van der Waals surface area contributed by atoms with Crippen molar-refractivity contribution >= 4 is 11.6 Å². The highest BCUT2D eigenvalue weighted by atomic mass is 35.5. The number of nitrogens with zero attached hydrogens (tertiary/aromatic N) is 1. The number of alkyl halides is 5. The van der Waals surface area contributed by atoms with E-state index in [0.29, 0.717) is 6.07 Å². The van der Waals surface area contributed by atoms with Gasteiger partial charge in [0.1, 0.15) is 5.69 Å². The Labute approximate surface area is 91.7 Å². The summed E-state index contributed by atoms with van der Waals surface area (Å²) >= 11 is 5.24. The van der Waals surface area contributed by atoms with Crippen molar-refractivity contribution in [1.82, 2.24) is 4.98 Å². The number of rotatable bonds is 2. The van der Waals surface area contributed by atoms with Crippen molar-refractivity contribution in [2.75, 3.05) is 0 Å². The first kappa shape index (κ1) is 13.1. The van der Waals surface area contributed by atoms with Gasteiger partial charge < -0.3 is 5.11 Å². The number of aliphatic hydroxyl groups is 1. The highest BCUT2D eigenvalue weighted by Crippen LogP contribution is 2.38. The highest BCUT2D eigenvalue weighted by molar-refractivity contribution is 6.31. The molecular formula is C8H5ClF5NO. The Hall–Kier alpha value is -0.950. The Morgan fingerprint density at radius 3 is 2.31 bits per heavy atom. The van der Waals surface area contributed by atoms with Crippen LogP contribution in [0.15, 0.2) is 6.07 Å². The molecule has 0 saturated carbocycles. The van der Waals surface area contributed by atoms with Crippen molar-refractivity contribution in [3.8, 4) is 0 Å². The lowest BCUT2D eigenvalue weighted by molar-refractivity contribution is -0.139. The summed E-state index contributed by atoms with van der Waals surface area (Å²) < 4.78 is 61.6. The van der Waals surface area contributed by atoms with E-state index in [1.807, 2.05) is 0 Å². The SMILES string of the molecule is OCc1nc(C(F)F)cc(Cl)c1C(F)(F)F. The molecule has 0 saturated heterocycles. The van der Waals surface area contributed by atoms with Gasteiger partial charge in [-0.1, -0.05) is 11.6 Å². The molecule has 1 N–H and O–H groups in total. The zero-order chi connectivity index (χ0) is 12.5. The minimum atomic E-state index is -4.84. The normalized spacial score (nSPS) is 12.2. The second kappa shape index (κ2) is 4.50. The molecular weight excluding hydrogens is 257 g/mol. The van der Waals surface area contributed by atoms with Crippen LogP contribution in [0.2, 0.25) is 5.02 Å². The van der Waals surface area contributed by atoms with Crippen LogP contribution in [-0.2, 0) is 12.8 Å². The van der Waals surface area contributed by atoms with Gasteiger partial charge in [0.25, 0.3) is 6.43 Å². The smallest absolute Gasteiger partial charge is 0.390 e. The summed E-state index contributed by atoms with van der Waals surface area (Å²) in [6.45, 7) is -1.12. The van der Waals surface area contributed by atoms with E-state index in [4.69, 9.17) is 16.7 Å². The lowest BCUT2D eigenvalue weighted by Gasteiger charge is -2.13. The van der Waals surface area contributed by atoms with Gasteiger partial charge in [-0.05, 0) is 6.07 Å². The molecule has 0 aliphatic heterocycles. The molecule has 1 heterocycles. The van der Waals surface area contributed by atoms with Crippen molar-refractivity contribution in [3.05, 3.63) is 28.0 Å². The van der Waals surface area contributed by atoms with Gasteiger partial charge in [-0.15, -0.1) is 0 Å². The Kier molecular flexibility index (Phi) is 3.69. The molecule has 16 heavy (non-hydrogen) atoms. The predicted octanol–water partition coefficient (Wildman–Crippen LogP) is 3.18. The zero-order valence-corrected chi connectivity index (χ0v) is 8.28. The summed E-state index contributed by atoms with van der Waals surface area (Å²) in [5.74, 6) is 0. The molecule has 0 atom stereocenters. The Morgan fingerprint density at radius 2 is 1.94 bits per heavy atom. The number of aliphatic hydroxyl groups excluding tert-OH is 1. The van der Waals surface area contributed by atoms with Crippen molar-refractivity contribution < 1.29 is 27.1 Å². The molecule has 0 radical (unpaired) electrons. The molecule has 8 heteroatoms. The van der Waals surface area contributed by atoms with Gasteiger partial charge in [0, 0.05) is 0 Å². The van der Waals surface area contributed by atoms with Gasteiger partial charge >= 0.3 is 6.18 Å². The maximum atomic E-state index is 12.4. The maximum Gasteiger partial charge on any atom is 0.419 e. The van der Waals surface area contributed by atoms with Crippen LogP contribution in [-0.4, -0.2) is 10.1 Å². The van der Waals surface area contributed by atoms with Gasteiger partial charge in [0.05, 0.1) is 22.9 Å². The van der Waals surface area contributed by atoms with E-state index in [1.165, 1.54) is 0 Å². The summed E-state index contributed by atoms with van der Waals surface area (Å²) in [5.41, 5.74) is -3.20. The molecule has 0 bridgehead atoms. The van der Waals surface area contributed by atoms with E-state index in [-0.39, 0.29) is 0 Å². The summed E-state index contributed by atoms with van der Waals surface area (Å²) in [6, 6.07) is 0.439. The number of hydrogen-bond donors (Lipinski definition) is 1. The summed E-state index contributed by atoms with van der Waals surface area (Å²) in [4.78, 5) is 3.01. The molecule has 0 aliphatic carbocycles. The Morgan fingerprint density at radius 1 is 1.38 bits per heavy atom. The number of aromatic nitrogens is 1. The fourth-order valence-electron chi connectivity index (χ4n) is 1.11. The first-order valence-corrected chi connectivity index (χ1v) is 4.30. The third kappa shape index (κ3) is 2.59. The van der Waals surface area contributed by atoms with E-state index in [9.17, 15) is 22.0 Å². The second-order valence-electron chi connectivity index (χ2n) is 2.81. The third-order valence-corrected chi connectivity index (χ3v) is 2.02. The predicted molar refractivity (Wildman–Crippen MR) is 45.1 cm³/mol. The quantitative estimate of drug-likeness (QED) is 0.830. The molecule has 0 fully saturated rings. The van der Waals surface area contributed by atoms with Gasteiger partial charge in [0.2, 0.25) is 0 Å². The van der Waals surface area contributed by atoms with Crippen molar-refractivity contribution in [1.29, 1.82) is 0 Å². The first-order chi connectivity index (χ1) is 7.27. The van der Waals surface area contributed by atoms with E-state index in [2.05, 4.69) is 4.98 Å². The van der Waals surface area contributed by atoms with Crippen LogP contribution in [0.3, 0.4) is 0 Å². The fraction of sp³-hybridized carbons (Fsp3) is 0.375. The Bertz CT molecular complexity index is 393. The van der Waals surface area contributed by atoms with Crippen molar-refractivity contribution in [3.63, 3.8) is 0 Å². The minimum absolute atomic E-state index is 0.439. The number of pyridine rings is 1. The van der Waals surface area contributed by atoms with Crippen LogP contribution >= 0.6 is 11.6 Å². The van der Waals surface area contributed by atoms with Crippen LogP contribution in [0.4, 0.5) is 22.0 Å². The van der Waals surface area contributed by atoms with Crippen LogP contribution in [0.5, 0.6) is 0 Å². The minimum Gasteiger partial charge on any atom is -0.390 e. The van der Waals surface area contributed by atoms with E-state index >= 15 is 0 Å². The molecule has 1 rings (SSSR count). The average Bonchev–Trinajstić information content (AvgIpc) is 2.14. The van der Waals surface area contributed by atoms with Gasteiger partial charge in [-0.3, -0.25) is 0 Å². The van der Waals surface area contributed by atoms with Crippen molar-refractivity contribution in [2.45, 2.75) is 19.2 Å². The lowest BCUT2D eigenvalue weighted by Crippen LogP contribution is -2.13. The fourth-order valence-corrected chi connectivity index (χ4v) is 1.44. The molecule has 0 amide bonds. The molecule has 0 unspecified atom stereocenters. The maximum absolute atomic E-state index is 12.4. The van der Waals surface area contributed by atoms with Crippen LogP contribution in [0.25, 0.3) is 0 Å². The van der Waals surface area contributed by atoms with E-state index in [0.717, 1.165) is 0 Å². The summed E-state index contributed by atoms with van der Waals surface area (Å²) in [6.07, 6.45) is -7.90. The molecule has 0 spiro atoms. The topological polar surface area (TPSA) is 33.1 Å². The highest BCUT2D eigenvalue weighted by Gasteiger charge is 2.37. The molecule has 90 valence electrons. The van der Waals surface area contributed by atoms with Crippen molar-refractivity contribution in [2.24, 2.45) is 0 Å².